The predicted octanol–water partition coefficient (Wildman–Crippen LogP) is 7.20. The Balaban J connectivity index is -0.0000000455. The van der Waals surface area contributed by atoms with E-state index in [9.17, 15) is 0 Å². The molecule has 0 N–H and O–H groups in total. The van der Waals surface area contributed by atoms with E-state index in [1.807, 2.05) is 27.7 Å². The number of hydrogen-bond acceptors (Lipinski definition) is 1. The molecule has 0 unspecified atom stereocenters. The first-order valence-corrected chi connectivity index (χ1v) is 7.90. The number of rotatable bonds is 2. The van der Waals surface area contributed by atoms with Crippen LogP contribution in [0, 0.1) is 10.8 Å². The van der Waals surface area contributed by atoms with Crippen molar-refractivity contribution in [1.82, 2.24) is 0 Å². The smallest absolute Gasteiger partial charge is 0.0459 e. The minimum absolute atomic E-state index is 0.500. The maximum Gasteiger partial charge on any atom is 0.0459 e. The van der Waals surface area contributed by atoms with Crippen molar-refractivity contribution in [3.8, 4) is 0 Å². The quantitative estimate of drug-likeness (QED) is 0.519. The summed E-state index contributed by atoms with van der Waals surface area (Å²) in [7, 11) is 1.71. The molecule has 0 radical (unpaired) electrons. The van der Waals surface area contributed by atoms with Crippen LogP contribution in [-0.2, 0) is 4.74 Å². The first-order valence-electron chi connectivity index (χ1n) is 7.90. The van der Waals surface area contributed by atoms with E-state index in [1.165, 1.54) is 0 Å². The molecular weight excluding hydrogens is 232 g/mol. The van der Waals surface area contributed by atoms with E-state index in [4.69, 9.17) is 4.74 Å². The van der Waals surface area contributed by atoms with Gasteiger partial charge in [-0.3, -0.25) is 0 Å². The van der Waals surface area contributed by atoms with Crippen LogP contribution in [-0.4, -0.2) is 13.7 Å². The minimum Gasteiger partial charge on any atom is -0.385 e. The number of methoxy groups -OCH3 is 1. The molecule has 0 saturated heterocycles. The standard InChI is InChI=1S/2C5H12.C4H10O.2C2H6/c2*1-5(2,3)4;1-3-4-5-2;2*1-2/h2*1-4H3;3-4H2,1-2H3;2*1-2H3. The first-order chi connectivity index (χ1) is 8.41. The zero-order chi connectivity index (χ0) is 17.1. The van der Waals surface area contributed by atoms with Gasteiger partial charge >= 0.3 is 0 Å². The van der Waals surface area contributed by atoms with Gasteiger partial charge in [-0.1, -0.05) is 90.0 Å². The molecule has 124 valence electrons. The minimum atomic E-state index is 0.500. The summed E-state index contributed by atoms with van der Waals surface area (Å²) in [6, 6.07) is 0. The monoisotopic (exact) mass is 278 g/mol. The molecule has 0 fully saturated rings. The highest BCUT2D eigenvalue weighted by Crippen LogP contribution is 2.08. The Hall–Kier alpha value is -0.0400. The van der Waals surface area contributed by atoms with Gasteiger partial charge in [0.05, 0.1) is 0 Å². The van der Waals surface area contributed by atoms with Gasteiger partial charge in [0, 0.05) is 13.7 Å². The van der Waals surface area contributed by atoms with Crippen LogP contribution in [0.25, 0.3) is 0 Å². The maximum absolute atomic E-state index is 4.69. The van der Waals surface area contributed by atoms with E-state index in [-0.39, 0.29) is 0 Å². The van der Waals surface area contributed by atoms with Gasteiger partial charge in [-0.15, -0.1) is 0 Å². The van der Waals surface area contributed by atoms with Crippen LogP contribution in [0.15, 0.2) is 0 Å². The molecular formula is C18H46O. The van der Waals surface area contributed by atoms with Crippen LogP contribution in [0.1, 0.15) is 96.4 Å². The Labute approximate surface area is 126 Å². The molecule has 0 spiro atoms. The topological polar surface area (TPSA) is 9.23 Å². The largest absolute Gasteiger partial charge is 0.385 e. The van der Waals surface area contributed by atoms with Gasteiger partial charge in [0.2, 0.25) is 0 Å². The summed E-state index contributed by atoms with van der Waals surface area (Å²) in [6.07, 6.45) is 1.12. The maximum atomic E-state index is 4.69. The third-order valence-electron chi connectivity index (χ3n) is 0.408. The Morgan fingerprint density at radius 3 is 0.789 bits per heavy atom. The molecule has 0 aliphatic carbocycles. The van der Waals surface area contributed by atoms with Gasteiger partial charge in [-0.05, 0) is 17.3 Å². The van der Waals surface area contributed by atoms with Crippen molar-refractivity contribution in [3.63, 3.8) is 0 Å². The third kappa shape index (κ3) is 1190. The Kier molecular flexibility index (Phi) is 38.1. The van der Waals surface area contributed by atoms with Crippen molar-refractivity contribution >= 4 is 0 Å². The van der Waals surface area contributed by atoms with Gasteiger partial charge in [-0.2, -0.15) is 0 Å². The highest BCUT2D eigenvalue weighted by molar-refractivity contribution is 4.47. The molecule has 0 bridgehead atoms. The third-order valence-corrected chi connectivity index (χ3v) is 0.408. The van der Waals surface area contributed by atoms with Crippen LogP contribution in [0.5, 0.6) is 0 Å². The SMILES string of the molecule is CC.CC.CC(C)(C)C.CC(C)(C)C.CCCOC. The second-order valence-corrected chi connectivity index (χ2v) is 6.99. The molecule has 0 aliphatic heterocycles. The summed E-state index contributed by atoms with van der Waals surface area (Å²) >= 11 is 0. The Morgan fingerprint density at radius 1 is 0.632 bits per heavy atom. The lowest BCUT2D eigenvalue weighted by molar-refractivity contribution is 0.199. The first kappa shape index (κ1) is 31.4. The van der Waals surface area contributed by atoms with Crippen LogP contribution >= 0.6 is 0 Å². The predicted molar refractivity (Wildman–Crippen MR) is 95.1 cm³/mol. The highest BCUT2D eigenvalue weighted by atomic mass is 16.5. The fraction of sp³-hybridized carbons (Fsp3) is 1.00. The Morgan fingerprint density at radius 2 is 0.789 bits per heavy atom. The summed E-state index contributed by atoms with van der Waals surface area (Å²) in [5.41, 5.74) is 1.00. The average molecular weight is 279 g/mol. The van der Waals surface area contributed by atoms with Crippen molar-refractivity contribution in [3.05, 3.63) is 0 Å². The van der Waals surface area contributed by atoms with Crippen molar-refractivity contribution in [2.24, 2.45) is 10.8 Å². The summed E-state index contributed by atoms with van der Waals surface area (Å²) in [5, 5.41) is 0. The van der Waals surface area contributed by atoms with Gasteiger partial charge in [0.15, 0.2) is 0 Å². The second kappa shape index (κ2) is 23.1. The summed E-state index contributed by atoms with van der Waals surface area (Å²) < 4.78 is 4.69. The molecule has 0 aromatic rings. The second-order valence-electron chi connectivity index (χ2n) is 6.99. The van der Waals surface area contributed by atoms with Gasteiger partial charge in [0.1, 0.15) is 0 Å². The molecule has 0 saturated carbocycles. The van der Waals surface area contributed by atoms with Gasteiger partial charge < -0.3 is 4.74 Å². The van der Waals surface area contributed by atoms with Crippen molar-refractivity contribution in [2.45, 2.75) is 96.4 Å². The summed E-state index contributed by atoms with van der Waals surface area (Å²) in [4.78, 5) is 0. The van der Waals surface area contributed by atoms with E-state index in [0.29, 0.717) is 10.8 Å². The molecule has 19 heavy (non-hydrogen) atoms. The molecule has 1 heteroatoms. The molecule has 0 rings (SSSR count). The van der Waals surface area contributed by atoms with Gasteiger partial charge in [-0.25, -0.2) is 0 Å². The zero-order valence-electron chi connectivity index (χ0n) is 16.8. The lowest BCUT2D eigenvalue weighted by Crippen LogP contribution is -1.93. The van der Waals surface area contributed by atoms with Crippen LogP contribution in [0.3, 0.4) is 0 Å². The summed E-state index contributed by atoms with van der Waals surface area (Å²) in [5.74, 6) is 0. The van der Waals surface area contributed by atoms with Crippen molar-refractivity contribution in [1.29, 1.82) is 0 Å². The normalized spacial score (nSPS) is 9.16. The van der Waals surface area contributed by atoms with Crippen LogP contribution in [0.2, 0.25) is 0 Å². The van der Waals surface area contributed by atoms with E-state index in [1.54, 1.807) is 7.11 Å². The van der Waals surface area contributed by atoms with Crippen LogP contribution in [0.4, 0.5) is 0 Å². The lowest BCUT2D eigenvalue weighted by Gasteiger charge is -2.05. The van der Waals surface area contributed by atoms with Crippen molar-refractivity contribution in [2.75, 3.05) is 13.7 Å². The highest BCUT2D eigenvalue weighted by Gasteiger charge is 1.96. The molecule has 0 amide bonds. The Bertz CT molecular complexity index is 77.8. The van der Waals surface area contributed by atoms with Gasteiger partial charge in [0.25, 0.3) is 0 Å². The molecule has 0 atom stereocenters. The lowest BCUT2D eigenvalue weighted by atomic mass is 10.0. The zero-order valence-corrected chi connectivity index (χ0v) is 16.8. The molecule has 0 aromatic carbocycles. The molecule has 0 heterocycles. The molecule has 0 aliphatic rings. The molecule has 1 nitrogen and oxygen atoms in total. The average Bonchev–Trinajstić information content (AvgIpc) is 2.20. The van der Waals surface area contributed by atoms with Crippen molar-refractivity contribution < 1.29 is 4.74 Å². The fourth-order valence-electron chi connectivity index (χ4n) is 0.204. The fourth-order valence-corrected chi connectivity index (χ4v) is 0.204. The number of hydrogen-bond donors (Lipinski definition) is 0. The van der Waals surface area contributed by atoms with Crippen LogP contribution < -0.4 is 0 Å². The van der Waals surface area contributed by atoms with E-state index >= 15 is 0 Å². The summed E-state index contributed by atoms with van der Waals surface area (Å²) in [6.45, 7) is 28.5. The van der Waals surface area contributed by atoms with E-state index < -0.39 is 0 Å². The van der Waals surface area contributed by atoms with E-state index in [0.717, 1.165) is 13.0 Å². The van der Waals surface area contributed by atoms with E-state index in [2.05, 4.69) is 62.3 Å². The number of ether oxygens (including phenoxy) is 1. The molecule has 0 aromatic heterocycles.